The van der Waals surface area contributed by atoms with E-state index in [-0.39, 0.29) is 5.69 Å². The lowest BCUT2D eigenvalue weighted by Gasteiger charge is -2.15. The molecular formula is C8H11F3N2. The van der Waals surface area contributed by atoms with E-state index in [1.165, 1.54) is 0 Å². The van der Waals surface area contributed by atoms with Crippen molar-refractivity contribution in [1.29, 1.82) is 0 Å². The third kappa shape index (κ3) is 2.03. The van der Waals surface area contributed by atoms with Crippen LogP contribution < -0.4 is 5.73 Å². The van der Waals surface area contributed by atoms with Crippen LogP contribution in [0.25, 0.3) is 0 Å². The maximum absolute atomic E-state index is 12.2. The second kappa shape index (κ2) is 3.06. The molecular weight excluding hydrogens is 181 g/mol. The van der Waals surface area contributed by atoms with Crippen molar-refractivity contribution in [2.24, 2.45) is 5.73 Å². The quantitative estimate of drug-likeness (QED) is 0.703. The Balaban J connectivity index is 3.01. The molecule has 1 rings (SSSR count). The summed E-state index contributed by atoms with van der Waals surface area (Å²) in [7, 11) is 0. The molecule has 1 aromatic rings. The van der Waals surface area contributed by atoms with Gasteiger partial charge >= 0.3 is 6.18 Å². The highest BCUT2D eigenvalue weighted by molar-refractivity contribution is 5.27. The molecule has 0 amide bonds. The third-order valence-electron chi connectivity index (χ3n) is 1.85. The summed E-state index contributed by atoms with van der Waals surface area (Å²) in [6.07, 6.45) is -4.39. The molecule has 1 aromatic heterocycles. The Hall–Kier alpha value is -0.970. The maximum Gasteiger partial charge on any atom is 0.409 e. The van der Waals surface area contributed by atoms with E-state index in [1.807, 2.05) is 0 Å². The fraction of sp³-hybridized carbons (Fsp3) is 0.500. The molecule has 0 saturated carbocycles. The molecule has 2 nitrogen and oxygen atoms in total. The molecule has 1 unspecified atom stereocenters. The van der Waals surface area contributed by atoms with Crippen LogP contribution in [-0.2, 0) is 0 Å². The number of rotatable bonds is 1. The normalized spacial score (nSPS) is 14.6. The van der Waals surface area contributed by atoms with Crippen LogP contribution in [0.1, 0.15) is 23.0 Å². The highest BCUT2D eigenvalue weighted by atomic mass is 19.4. The van der Waals surface area contributed by atoms with E-state index in [9.17, 15) is 13.2 Å². The van der Waals surface area contributed by atoms with Crippen LogP contribution in [0.15, 0.2) is 6.07 Å². The minimum Gasteiger partial charge on any atom is -0.361 e. The van der Waals surface area contributed by atoms with Gasteiger partial charge in [0.15, 0.2) is 0 Å². The van der Waals surface area contributed by atoms with Gasteiger partial charge in [-0.2, -0.15) is 13.2 Å². The predicted molar refractivity (Wildman–Crippen MR) is 43.3 cm³/mol. The van der Waals surface area contributed by atoms with Gasteiger partial charge in [0.05, 0.1) is 0 Å². The second-order valence-electron chi connectivity index (χ2n) is 3.07. The zero-order chi connectivity index (χ0) is 10.2. The number of nitrogens with one attached hydrogen (secondary N) is 1. The highest BCUT2D eigenvalue weighted by Crippen LogP contribution is 2.31. The Morgan fingerprint density at radius 2 is 1.92 bits per heavy atom. The van der Waals surface area contributed by atoms with Crippen LogP contribution in [0.5, 0.6) is 0 Å². The van der Waals surface area contributed by atoms with E-state index < -0.39 is 12.2 Å². The van der Waals surface area contributed by atoms with Crippen molar-refractivity contribution in [1.82, 2.24) is 4.98 Å². The van der Waals surface area contributed by atoms with Crippen molar-refractivity contribution >= 4 is 0 Å². The lowest BCUT2D eigenvalue weighted by molar-refractivity contribution is -0.150. The first-order valence-electron chi connectivity index (χ1n) is 3.80. The first kappa shape index (κ1) is 10.1. The molecule has 0 aromatic carbocycles. The summed E-state index contributed by atoms with van der Waals surface area (Å²) >= 11 is 0. The summed E-state index contributed by atoms with van der Waals surface area (Å²) in [6, 6.07) is -0.276. The summed E-state index contributed by atoms with van der Waals surface area (Å²) in [5, 5.41) is 0. The Morgan fingerprint density at radius 3 is 2.23 bits per heavy atom. The summed E-state index contributed by atoms with van der Waals surface area (Å²) in [5.41, 5.74) is 6.31. The van der Waals surface area contributed by atoms with Gasteiger partial charge in [-0.15, -0.1) is 0 Å². The zero-order valence-electron chi connectivity index (χ0n) is 7.37. The van der Waals surface area contributed by atoms with Crippen LogP contribution in [0, 0.1) is 13.8 Å². The maximum atomic E-state index is 12.2. The van der Waals surface area contributed by atoms with Gasteiger partial charge in [0.1, 0.15) is 6.04 Å². The average molecular weight is 192 g/mol. The molecule has 3 N–H and O–H groups in total. The summed E-state index contributed by atoms with van der Waals surface area (Å²) < 4.78 is 36.5. The van der Waals surface area contributed by atoms with Crippen molar-refractivity contribution in [3.05, 3.63) is 23.0 Å². The van der Waals surface area contributed by atoms with Gasteiger partial charge in [-0.25, -0.2) is 0 Å². The number of hydrogen-bond acceptors (Lipinski definition) is 1. The monoisotopic (exact) mass is 192 g/mol. The smallest absolute Gasteiger partial charge is 0.361 e. The summed E-state index contributed by atoms with van der Waals surface area (Å²) in [5.74, 6) is 0. The topological polar surface area (TPSA) is 41.8 Å². The third-order valence-corrected chi connectivity index (χ3v) is 1.85. The molecule has 5 heteroatoms. The van der Waals surface area contributed by atoms with Gasteiger partial charge in [-0.3, -0.25) is 0 Å². The second-order valence-corrected chi connectivity index (χ2v) is 3.07. The molecule has 0 saturated heterocycles. The van der Waals surface area contributed by atoms with E-state index in [2.05, 4.69) is 4.98 Å². The molecule has 0 aliphatic rings. The van der Waals surface area contributed by atoms with Crippen LogP contribution >= 0.6 is 0 Å². The lowest BCUT2D eigenvalue weighted by Crippen LogP contribution is -2.29. The first-order chi connectivity index (χ1) is 5.82. The molecule has 1 atom stereocenters. The molecule has 0 bridgehead atoms. The first-order valence-corrected chi connectivity index (χ1v) is 3.80. The summed E-state index contributed by atoms with van der Waals surface area (Å²) in [6.45, 7) is 3.30. The van der Waals surface area contributed by atoms with Gasteiger partial charge in [0.25, 0.3) is 0 Å². The van der Waals surface area contributed by atoms with E-state index in [1.54, 1.807) is 19.9 Å². The van der Waals surface area contributed by atoms with Crippen LogP contribution in [0.3, 0.4) is 0 Å². The number of hydrogen-bond donors (Lipinski definition) is 2. The molecule has 0 spiro atoms. The van der Waals surface area contributed by atoms with E-state index in [0.717, 1.165) is 0 Å². The molecule has 0 aliphatic heterocycles. The van der Waals surface area contributed by atoms with Crippen LogP contribution in [0.4, 0.5) is 13.2 Å². The van der Waals surface area contributed by atoms with Gasteiger partial charge in [0, 0.05) is 11.4 Å². The Labute approximate surface area is 73.9 Å². The number of aromatic nitrogens is 1. The predicted octanol–water partition coefficient (Wildman–Crippen LogP) is 2.19. The average Bonchev–Trinajstić information content (AvgIpc) is 2.26. The Kier molecular flexibility index (Phi) is 2.38. The Bertz CT molecular complexity index is 301. The van der Waals surface area contributed by atoms with Crippen molar-refractivity contribution in [3.63, 3.8) is 0 Å². The van der Waals surface area contributed by atoms with Crippen molar-refractivity contribution in [2.75, 3.05) is 0 Å². The van der Waals surface area contributed by atoms with Gasteiger partial charge < -0.3 is 10.7 Å². The van der Waals surface area contributed by atoms with Crippen LogP contribution in [-0.4, -0.2) is 11.2 Å². The number of nitrogens with two attached hydrogens (primary N) is 1. The fourth-order valence-electron chi connectivity index (χ4n) is 1.24. The van der Waals surface area contributed by atoms with E-state index in [4.69, 9.17) is 5.73 Å². The summed E-state index contributed by atoms with van der Waals surface area (Å²) in [4.78, 5) is 2.61. The van der Waals surface area contributed by atoms with Crippen LogP contribution in [0.2, 0.25) is 0 Å². The van der Waals surface area contributed by atoms with Crippen molar-refractivity contribution in [3.8, 4) is 0 Å². The van der Waals surface area contributed by atoms with Crippen molar-refractivity contribution in [2.45, 2.75) is 26.1 Å². The molecule has 13 heavy (non-hydrogen) atoms. The lowest BCUT2D eigenvalue weighted by atomic mass is 10.1. The Morgan fingerprint density at radius 1 is 1.38 bits per heavy atom. The minimum absolute atomic E-state index is 0.0463. The molecule has 74 valence electrons. The van der Waals surface area contributed by atoms with Crippen molar-refractivity contribution < 1.29 is 13.2 Å². The SMILES string of the molecule is Cc1cc(C)c(C(N)C(F)(F)F)[nH]1. The number of aryl methyl sites for hydroxylation is 2. The number of halogens is 3. The van der Waals surface area contributed by atoms with E-state index >= 15 is 0 Å². The number of alkyl halides is 3. The highest BCUT2D eigenvalue weighted by Gasteiger charge is 2.39. The molecule has 0 aliphatic carbocycles. The fourth-order valence-corrected chi connectivity index (χ4v) is 1.24. The molecule has 0 fully saturated rings. The zero-order valence-corrected chi connectivity index (χ0v) is 7.37. The largest absolute Gasteiger partial charge is 0.409 e. The van der Waals surface area contributed by atoms with E-state index in [0.29, 0.717) is 11.3 Å². The minimum atomic E-state index is -4.39. The van der Waals surface area contributed by atoms with Gasteiger partial charge in [-0.05, 0) is 25.5 Å². The number of H-pyrrole nitrogens is 1. The molecule has 0 radical (unpaired) electrons. The van der Waals surface area contributed by atoms with Gasteiger partial charge in [-0.1, -0.05) is 0 Å². The molecule has 1 heterocycles. The number of aromatic amines is 1. The van der Waals surface area contributed by atoms with Gasteiger partial charge in [0.2, 0.25) is 0 Å². The standard InChI is InChI=1S/C8H11F3N2/c1-4-3-5(2)13-6(4)7(12)8(9,10)11/h3,7,13H,12H2,1-2H3.